The van der Waals surface area contributed by atoms with E-state index >= 15 is 0 Å². The molecule has 0 saturated carbocycles. The molecule has 0 aliphatic heterocycles. The quantitative estimate of drug-likeness (QED) is 0.349. The standard InChI is InChI=1S/C24H16ClNO2/c1-14-17-12-18-19(13-20(17)28-24(27)22(14)25)26-23(16-10-6-3-7-11-16)21(18)15-8-4-2-5-9-15/h2-13,26H,1H3. The second-order valence-electron chi connectivity index (χ2n) is 6.83. The van der Waals surface area contributed by atoms with Gasteiger partial charge < -0.3 is 9.40 Å². The highest BCUT2D eigenvalue weighted by Gasteiger charge is 2.18. The van der Waals surface area contributed by atoms with Gasteiger partial charge in [0.15, 0.2) is 0 Å². The minimum Gasteiger partial charge on any atom is -0.422 e. The zero-order valence-corrected chi connectivity index (χ0v) is 15.9. The molecule has 1 N–H and O–H groups in total. The van der Waals surface area contributed by atoms with Gasteiger partial charge in [-0.05, 0) is 29.7 Å². The van der Waals surface area contributed by atoms with Gasteiger partial charge in [0, 0.05) is 22.4 Å². The molecule has 3 aromatic carbocycles. The van der Waals surface area contributed by atoms with Gasteiger partial charge >= 0.3 is 5.63 Å². The van der Waals surface area contributed by atoms with Crippen molar-refractivity contribution in [3.63, 3.8) is 0 Å². The highest BCUT2D eigenvalue weighted by Crippen LogP contribution is 2.40. The lowest BCUT2D eigenvalue weighted by atomic mass is 9.97. The molecule has 0 spiro atoms. The van der Waals surface area contributed by atoms with E-state index in [1.165, 1.54) is 0 Å². The number of hydrogen-bond acceptors (Lipinski definition) is 2. The number of nitrogens with one attached hydrogen (secondary N) is 1. The number of hydrogen-bond donors (Lipinski definition) is 1. The maximum absolute atomic E-state index is 12.0. The lowest BCUT2D eigenvalue weighted by molar-refractivity contribution is 0.560. The highest BCUT2D eigenvalue weighted by molar-refractivity contribution is 6.32. The molecule has 2 heterocycles. The molecular formula is C24H16ClNO2. The van der Waals surface area contributed by atoms with Crippen LogP contribution >= 0.6 is 11.6 Å². The summed E-state index contributed by atoms with van der Waals surface area (Å²) in [6, 6.07) is 24.4. The number of aryl methyl sites for hydroxylation is 1. The normalized spacial score (nSPS) is 11.4. The SMILES string of the molecule is Cc1c(Cl)c(=O)oc2cc3[nH]c(-c4ccccc4)c(-c4ccccc4)c3cc12. The number of halogens is 1. The highest BCUT2D eigenvalue weighted by atomic mass is 35.5. The molecular weight excluding hydrogens is 370 g/mol. The zero-order valence-electron chi connectivity index (χ0n) is 15.1. The van der Waals surface area contributed by atoms with Crippen molar-refractivity contribution in [2.24, 2.45) is 0 Å². The maximum Gasteiger partial charge on any atom is 0.355 e. The molecule has 5 rings (SSSR count). The Kier molecular flexibility index (Phi) is 3.85. The molecule has 2 aromatic heterocycles. The Morgan fingerprint density at radius 3 is 2.18 bits per heavy atom. The second kappa shape index (κ2) is 6.39. The Balaban J connectivity index is 1.93. The van der Waals surface area contributed by atoms with Crippen LogP contribution in [0.2, 0.25) is 5.02 Å². The average Bonchev–Trinajstić information content (AvgIpc) is 3.10. The summed E-state index contributed by atoms with van der Waals surface area (Å²) in [6.07, 6.45) is 0. The van der Waals surface area contributed by atoms with Crippen molar-refractivity contribution >= 4 is 33.5 Å². The van der Waals surface area contributed by atoms with Gasteiger partial charge in [0.1, 0.15) is 10.6 Å². The van der Waals surface area contributed by atoms with Gasteiger partial charge in [-0.3, -0.25) is 0 Å². The average molecular weight is 386 g/mol. The first-order chi connectivity index (χ1) is 13.6. The summed E-state index contributed by atoms with van der Waals surface area (Å²) < 4.78 is 5.43. The number of aromatic amines is 1. The minimum atomic E-state index is -0.510. The van der Waals surface area contributed by atoms with Crippen LogP contribution in [0, 0.1) is 6.92 Å². The van der Waals surface area contributed by atoms with Crippen LogP contribution in [0.25, 0.3) is 44.3 Å². The summed E-state index contributed by atoms with van der Waals surface area (Å²) in [7, 11) is 0. The summed E-state index contributed by atoms with van der Waals surface area (Å²) in [5.74, 6) is 0. The Morgan fingerprint density at radius 1 is 0.857 bits per heavy atom. The molecule has 4 heteroatoms. The molecule has 0 fully saturated rings. The lowest BCUT2D eigenvalue weighted by Gasteiger charge is -2.07. The summed E-state index contributed by atoms with van der Waals surface area (Å²) in [6.45, 7) is 1.85. The molecule has 136 valence electrons. The Hall–Kier alpha value is -3.30. The monoisotopic (exact) mass is 385 g/mol. The van der Waals surface area contributed by atoms with E-state index in [-0.39, 0.29) is 5.02 Å². The molecule has 0 aliphatic rings. The lowest BCUT2D eigenvalue weighted by Crippen LogP contribution is -2.01. The van der Waals surface area contributed by atoms with Gasteiger partial charge in [-0.2, -0.15) is 0 Å². The van der Waals surface area contributed by atoms with Crippen molar-refractivity contribution in [1.29, 1.82) is 0 Å². The summed E-state index contributed by atoms with van der Waals surface area (Å²) >= 11 is 6.15. The maximum atomic E-state index is 12.0. The van der Waals surface area contributed by atoms with E-state index < -0.39 is 5.63 Å². The van der Waals surface area contributed by atoms with E-state index in [4.69, 9.17) is 16.0 Å². The first kappa shape index (κ1) is 16.8. The number of fused-ring (bicyclic) bond motifs is 2. The fraction of sp³-hybridized carbons (Fsp3) is 0.0417. The third-order valence-corrected chi connectivity index (χ3v) is 5.58. The number of rotatable bonds is 2. The number of H-pyrrole nitrogens is 1. The topological polar surface area (TPSA) is 46.0 Å². The van der Waals surface area contributed by atoms with Crippen LogP contribution in [0.5, 0.6) is 0 Å². The first-order valence-corrected chi connectivity index (χ1v) is 9.41. The van der Waals surface area contributed by atoms with Crippen molar-refractivity contribution in [2.75, 3.05) is 0 Å². The van der Waals surface area contributed by atoms with Crippen LogP contribution in [0.4, 0.5) is 0 Å². The fourth-order valence-corrected chi connectivity index (χ4v) is 3.88. The molecule has 0 unspecified atom stereocenters. The molecule has 0 amide bonds. The van der Waals surface area contributed by atoms with E-state index in [1.54, 1.807) is 0 Å². The minimum absolute atomic E-state index is 0.131. The van der Waals surface area contributed by atoms with Crippen LogP contribution in [-0.4, -0.2) is 4.98 Å². The van der Waals surface area contributed by atoms with Crippen molar-refractivity contribution in [3.8, 4) is 22.4 Å². The molecule has 3 nitrogen and oxygen atoms in total. The second-order valence-corrected chi connectivity index (χ2v) is 7.21. The Bertz CT molecular complexity index is 1380. The summed E-state index contributed by atoms with van der Waals surface area (Å²) in [5.41, 5.74) is 6.02. The molecule has 0 bridgehead atoms. The number of aromatic nitrogens is 1. The van der Waals surface area contributed by atoms with Crippen molar-refractivity contribution in [2.45, 2.75) is 6.92 Å². The summed E-state index contributed by atoms with van der Waals surface area (Å²) in [4.78, 5) is 15.5. The molecule has 0 saturated heterocycles. The molecule has 5 aromatic rings. The van der Waals surface area contributed by atoms with E-state index in [0.29, 0.717) is 5.58 Å². The fourth-order valence-electron chi connectivity index (χ4n) is 3.74. The van der Waals surface area contributed by atoms with Crippen LogP contribution in [-0.2, 0) is 0 Å². The zero-order chi connectivity index (χ0) is 19.3. The molecule has 28 heavy (non-hydrogen) atoms. The first-order valence-electron chi connectivity index (χ1n) is 9.03. The summed E-state index contributed by atoms with van der Waals surface area (Å²) in [5, 5.41) is 2.03. The van der Waals surface area contributed by atoms with Crippen molar-refractivity contribution < 1.29 is 4.42 Å². The van der Waals surface area contributed by atoms with Gasteiger partial charge in [0.25, 0.3) is 0 Å². The smallest absolute Gasteiger partial charge is 0.355 e. The molecule has 0 radical (unpaired) electrons. The number of benzene rings is 3. The third kappa shape index (κ3) is 2.55. The van der Waals surface area contributed by atoms with Crippen molar-refractivity contribution in [3.05, 3.63) is 93.8 Å². The van der Waals surface area contributed by atoms with Crippen LogP contribution in [0.1, 0.15) is 5.56 Å². The van der Waals surface area contributed by atoms with E-state index in [1.807, 2.05) is 49.4 Å². The van der Waals surface area contributed by atoms with E-state index in [2.05, 4.69) is 35.3 Å². The van der Waals surface area contributed by atoms with E-state index in [0.717, 1.165) is 44.2 Å². The van der Waals surface area contributed by atoms with Gasteiger partial charge in [-0.15, -0.1) is 0 Å². The van der Waals surface area contributed by atoms with Gasteiger partial charge in [0.2, 0.25) is 0 Å². The third-order valence-electron chi connectivity index (χ3n) is 5.14. The van der Waals surface area contributed by atoms with Gasteiger partial charge in [-0.25, -0.2) is 4.79 Å². The van der Waals surface area contributed by atoms with Crippen LogP contribution in [0.3, 0.4) is 0 Å². The predicted octanol–water partition coefficient (Wildman–Crippen LogP) is 6.57. The van der Waals surface area contributed by atoms with Crippen molar-refractivity contribution in [1.82, 2.24) is 4.98 Å². The van der Waals surface area contributed by atoms with E-state index in [9.17, 15) is 4.79 Å². The van der Waals surface area contributed by atoms with Gasteiger partial charge in [0.05, 0.1) is 11.2 Å². The van der Waals surface area contributed by atoms with Crippen LogP contribution < -0.4 is 5.63 Å². The largest absolute Gasteiger partial charge is 0.422 e. The Morgan fingerprint density at radius 2 is 1.50 bits per heavy atom. The van der Waals surface area contributed by atoms with Gasteiger partial charge in [-0.1, -0.05) is 72.3 Å². The molecule has 0 atom stereocenters. The predicted molar refractivity (Wildman–Crippen MR) is 115 cm³/mol. The Labute approximate surface area is 166 Å². The van der Waals surface area contributed by atoms with Crippen LogP contribution in [0.15, 0.2) is 82.0 Å². The molecule has 0 aliphatic carbocycles.